The smallest absolute Gasteiger partial charge is 0.343 e. The highest BCUT2D eigenvalue weighted by Crippen LogP contribution is 2.36. The number of amidine groups is 1. The summed E-state index contributed by atoms with van der Waals surface area (Å²) >= 11 is 0. The molecule has 17 heavy (non-hydrogen) atoms. The van der Waals surface area contributed by atoms with Gasteiger partial charge in [-0.1, -0.05) is 38.5 Å². The molecule has 3 N–H and O–H groups in total. The molecule has 2 amide bonds. The van der Waals surface area contributed by atoms with Crippen LogP contribution in [0.5, 0.6) is 0 Å². The molecule has 4 nitrogen and oxygen atoms in total. The predicted molar refractivity (Wildman–Crippen MR) is 68.7 cm³/mol. The molecule has 92 valence electrons. The van der Waals surface area contributed by atoms with Gasteiger partial charge in [-0.25, -0.2) is 4.79 Å². The van der Waals surface area contributed by atoms with Gasteiger partial charge >= 0.3 is 6.03 Å². The number of aliphatic imine (C=N–C) groups is 1. The van der Waals surface area contributed by atoms with Crippen molar-refractivity contribution in [2.24, 2.45) is 22.1 Å². The minimum Gasteiger partial charge on any atom is -0.386 e. The summed E-state index contributed by atoms with van der Waals surface area (Å²) in [5, 5.41) is 2.91. The van der Waals surface area contributed by atoms with E-state index in [9.17, 15) is 4.79 Å². The third kappa shape index (κ3) is 2.12. The molecule has 1 aliphatic carbocycles. The molecule has 0 fully saturated rings. The van der Waals surface area contributed by atoms with E-state index in [1.807, 2.05) is 6.92 Å². The van der Waals surface area contributed by atoms with Gasteiger partial charge in [0, 0.05) is 0 Å². The maximum Gasteiger partial charge on any atom is 0.343 e. The van der Waals surface area contributed by atoms with Crippen LogP contribution in [0.4, 0.5) is 4.79 Å². The maximum atomic E-state index is 11.5. The Morgan fingerprint density at radius 2 is 2.06 bits per heavy atom. The van der Waals surface area contributed by atoms with Crippen LogP contribution in [-0.4, -0.2) is 17.9 Å². The number of hydrogen-bond donors (Lipinski definition) is 2. The fourth-order valence-electron chi connectivity index (χ4n) is 2.42. The molecule has 0 spiro atoms. The Bertz CT molecular complexity index is 452. The van der Waals surface area contributed by atoms with E-state index in [2.05, 4.69) is 43.2 Å². The topological polar surface area (TPSA) is 67.5 Å². The number of nitrogens with two attached hydrogens (primary N) is 1. The molecule has 2 aliphatic rings. The minimum atomic E-state index is -0.341. The van der Waals surface area contributed by atoms with Crippen LogP contribution in [0.2, 0.25) is 0 Å². The molecule has 0 saturated heterocycles. The van der Waals surface area contributed by atoms with E-state index < -0.39 is 0 Å². The second-order valence-corrected chi connectivity index (χ2v) is 5.75. The molecule has 4 heteroatoms. The normalized spacial score (nSPS) is 28.7. The summed E-state index contributed by atoms with van der Waals surface area (Å²) in [7, 11) is 0. The van der Waals surface area contributed by atoms with Crippen LogP contribution >= 0.6 is 0 Å². The Kier molecular flexibility index (Phi) is 2.60. The van der Waals surface area contributed by atoms with Crippen molar-refractivity contribution in [3.05, 3.63) is 23.3 Å². The monoisotopic (exact) mass is 233 g/mol. The highest BCUT2D eigenvalue weighted by atomic mass is 16.2. The van der Waals surface area contributed by atoms with E-state index in [0.717, 1.165) is 0 Å². The molecule has 0 aromatic carbocycles. The SMILES string of the molecule is CC1=CC2C(N)=NC(=O)NC2C(C(C)(C)C)=C1. The van der Waals surface area contributed by atoms with Crippen LogP contribution in [0.25, 0.3) is 0 Å². The van der Waals surface area contributed by atoms with E-state index >= 15 is 0 Å². The third-order valence-electron chi connectivity index (χ3n) is 3.24. The molecular formula is C13H19N3O. The Morgan fingerprint density at radius 3 is 2.65 bits per heavy atom. The number of allylic oxidation sites excluding steroid dienone is 2. The van der Waals surface area contributed by atoms with Crippen LogP contribution in [0, 0.1) is 11.3 Å². The molecule has 0 bridgehead atoms. The van der Waals surface area contributed by atoms with Gasteiger partial charge in [0.25, 0.3) is 0 Å². The molecule has 1 aliphatic heterocycles. The molecule has 2 atom stereocenters. The fourth-order valence-corrected chi connectivity index (χ4v) is 2.42. The zero-order valence-electron chi connectivity index (χ0n) is 10.7. The molecule has 0 radical (unpaired) electrons. The number of hydrogen-bond acceptors (Lipinski definition) is 2. The van der Waals surface area contributed by atoms with Crippen molar-refractivity contribution in [1.29, 1.82) is 0 Å². The van der Waals surface area contributed by atoms with Crippen LogP contribution in [-0.2, 0) is 0 Å². The molecule has 0 aromatic heterocycles. The zero-order valence-corrected chi connectivity index (χ0v) is 10.7. The molecule has 2 rings (SSSR count). The van der Waals surface area contributed by atoms with E-state index in [-0.39, 0.29) is 23.4 Å². The number of amides is 2. The van der Waals surface area contributed by atoms with Crippen LogP contribution in [0.15, 0.2) is 28.3 Å². The van der Waals surface area contributed by atoms with Gasteiger partial charge < -0.3 is 11.1 Å². The largest absolute Gasteiger partial charge is 0.386 e. The summed E-state index contributed by atoms with van der Waals surface area (Å²) in [5.74, 6) is 0.403. The number of carbonyl (C=O) groups is 1. The Hall–Kier alpha value is -1.58. The van der Waals surface area contributed by atoms with Crippen LogP contribution in [0.3, 0.4) is 0 Å². The Balaban J connectivity index is 2.47. The second-order valence-electron chi connectivity index (χ2n) is 5.75. The number of rotatable bonds is 0. The summed E-state index contributed by atoms with van der Waals surface area (Å²) in [6, 6.07) is -0.393. The van der Waals surface area contributed by atoms with Crippen LogP contribution in [0.1, 0.15) is 27.7 Å². The summed E-state index contributed by atoms with van der Waals surface area (Å²) in [6.45, 7) is 8.47. The molecule has 0 aromatic rings. The summed E-state index contributed by atoms with van der Waals surface area (Å²) in [5.41, 5.74) is 8.24. The van der Waals surface area contributed by atoms with Gasteiger partial charge in [0.1, 0.15) is 5.84 Å². The fraction of sp³-hybridized carbons (Fsp3) is 0.538. The summed E-state index contributed by atoms with van der Waals surface area (Å²) < 4.78 is 0. The maximum absolute atomic E-state index is 11.5. The van der Waals surface area contributed by atoms with E-state index in [0.29, 0.717) is 5.84 Å². The lowest BCUT2D eigenvalue weighted by molar-refractivity contribution is 0.241. The van der Waals surface area contributed by atoms with Gasteiger partial charge in [-0.3, -0.25) is 0 Å². The molecule has 2 unspecified atom stereocenters. The quantitative estimate of drug-likeness (QED) is 0.671. The first-order valence-corrected chi connectivity index (χ1v) is 5.84. The number of nitrogens with zero attached hydrogens (tertiary/aromatic N) is 1. The first kappa shape index (κ1) is 11.9. The first-order chi connectivity index (χ1) is 7.79. The average molecular weight is 233 g/mol. The predicted octanol–water partition coefficient (Wildman–Crippen LogP) is 1.98. The van der Waals surface area contributed by atoms with Gasteiger partial charge in [-0.2, -0.15) is 4.99 Å². The van der Waals surface area contributed by atoms with Gasteiger partial charge in [-0.05, 0) is 17.9 Å². The van der Waals surface area contributed by atoms with Gasteiger partial charge in [0.15, 0.2) is 0 Å². The number of carbonyl (C=O) groups excluding carboxylic acids is 1. The number of nitrogens with one attached hydrogen (secondary N) is 1. The van der Waals surface area contributed by atoms with Crippen LogP contribution < -0.4 is 11.1 Å². The van der Waals surface area contributed by atoms with E-state index in [1.54, 1.807) is 0 Å². The second kappa shape index (κ2) is 3.72. The number of urea groups is 1. The molecule has 1 heterocycles. The van der Waals surface area contributed by atoms with Crippen molar-refractivity contribution >= 4 is 11.9 Å². The lowest BCUT2D eigenvalue weighted by atomic mass is 9.73. The lowest BCUT2D eigenvalue weighted by Gasteiger charge is -2.39. The van der Waals surface area contributed by atoms with E-state index in [4.69, 9.17) is 5.73 Å². The van der Waals surface area contributed by atoms with Gasteiger partial charge in [0.05, 0.1) is 12.0 Å². The first-order valence-electron chi connectivity index (χ1n) is 5.84. The van der Waals surface area contributed by atoms with Crippen molar-refractivity contribution in [3.63, 3.8) is 0 Å². The molecule has 0 saturated carbocycles. The highest BCUT2D eigenvalue weighted by molar-refractivity contribution is 5.99. The summed E-state index contributed by atoms with van der Waals surface area (Å²) in [6.07, 6.45) is 4.21. The van der Waals surface area contributed by atoms with Crippen molar-refractivity contribution in [2.45, 2.75) is 33.7 Å². The van der Waals surface area contributed by atoms with Crippen molar-refractivity contribution in [1.82, 2.24) is 5.32 Å². The third-order valence-corrected chi connectivity index (χ3v) is 3.24. The average Bonchev–Trinajstić information content (AvgIpc) is 2.16. The zero-order chi connectivity index (χ0) is 12.8. The highest BCUT2D eigenvalue weighted by Gasteiger charge is 2.38. The van der Waals surface area contributed by atoms with E-state index in [1.165, 1.54) is 11.1 Å². The van der Waals surface area contributed by atoms with Gasteiger partial charge in [-0.15, -0.1) is 0 Å². The number of fused-ring (bicyclic) bond motifs is 1. The van der Waals surface area contributed by atoms with Crippen molar-refractivity contribution in [3.8, 4) is 0 Å². The summed E-state index contributed by atoms with van der Waals surface area (Å²) in [4.78, 5) is 15.2. The minimum absolute atomic E-state index is 0.00331. The van der Waals surface area contributed by atoms with Crippen molar-refractivity contribution in [2.75, 3.05) is 0 Å². The van der Waals surface area contributed by atoms with Gasteiger partial charge in [0.2, 0.25) is 0 Å². The molecular weight excluding hydrogens is 214 g/mol. The Morgan fingerprint density at radius 1 is 1.41 bits per heavy atom. The standard InChI is InChI=1S/C13H19N3O/c1-7-5-8-10(9(6-7)13(2,3)4)15-12(17)16-11(8)14/h5-6,8,10H,1-4H3,(H3,14,15,16,17). The Labute approximate surface area is 102 Å². The van der Waals surface area contributed by atoms with Crippen molar-refractivity contribution < 1.29 is 4.79 Å². The lowest BCUT2D eigenvalue weighted by Crippen LogP contribution is -2.52.